The molecule has 0 aliphatic carbocycles. The van der Waals surface area contributed by atoms with Crippen LogP contribution < -0.4 is 4.40 Å². The zero-order valence-corrected chi connectivity index (χ0v) is 45.6. The average Bonchev–Trinajstić information content (AvgIpc) is 3.94. The summed E-state index contributed by atoms with van der Waals surface area (Å²) in [7, 11) is 0. The Kier molecular flexibility index (Phi) is 13.5. The molecule has 11 rings (SSSR count). The van der Waals surface area contributed by atoms with Crippen LogP contribution in [0.25, 0.3) is 94.1 Å². The van der Waals surface area contributed by atoms with Gasteiger partial charge in [0.25, 0.3) is 0 Å². The number of hydrogen-bond donors (Lipinski definition) is 0. The molecular formula is C62H55GeIrN5O-2. The molecule has 0 spiro atoms. The Morgan fingerprint density at radius 3 is 2.01 bits per heavy atom. The third-order valence-corrected chi connectivity index (χ3v) is 17.6. The topological polar surface area (TPSA) is 80.5 Å². The minimum atomic E-state index is -1.74. The van der Waals surface area contributed by atoms with Crippen molar-refractivity contribution in [2.45, 2.75) is 76.6 Å². The van der Waals surface area contributed by atoms with E-state index in [1.165, 1.54) is 43.0 Å². The van der Waals surface area contributed by atoms with Crippen LogP contribution in [0, 0.1) is 23.5 Å². The Bertz CT molecular complexity index is 3730. The molecule has 0 saturated heterocycles. The predicted octanol–water partition coefficient (Wildman–Crippen LogP) is 16.1. The Morgan fingerprint density at radius 2 is 1.36 bits per heavy atom. The molecule has 0 aliphatic rings. The predicted molar refractivity (Wildman–Crippen MR) is 289 cm³/mol. The minimum Gasteiger partial charge on any atom is -0.486 e. The minimum absolute atomic E-state index is 0. The summed E-state index contributed by atoms with van der Waals surface area (Å²) in [6, 6.07) is 60.1. The van der Waals surface area contributed by atoms with Crippen molar-refractivity contribution in [2.75, 3.05) is 0 Å². The Balaban J connectivity index is 0.000000257. The first-order chi connectivity index (χ1) is 33.3. The van der Waals surface area contributed by atoms with Crippen molar-refractivity contribution in [1.82, 2.24) is 19.5 Å². The molecule has 7 aromatic carbocycles. The summed E-state index contributed by atoms with van der Waals surface area (Å²) in [6.07, 6.45) is 2.06. The quantitative estimate of drug-likeness (QED) is 0.112. The van der Waals surface area contributed by atoms with E-state index in [4.69, 9.17) is 9.40 Å². The van der Waals surface area contributed by atoms with E-state index in [2.05, 4.69) is 219 Å². The number of pyridine rings is 2. The SMILES string of the molecule is CC(C)c1c[c-]c(-c2cc[c]([Ge]([CH3])([CH3])[CH3])cn2)cc1.CC(C)c1cc(-c2ccc3ccccc3c2)cc(C(C)C)c1-n1c(-c2[c-]ccc3c2oc2nc(C#N)ccc23)nc2ccc3ccccc3c21.[Ir]. The van der Waals surface area contributed by atoms with Gasteiger partial charge in [0.05, 0.1) is 22.4 Å². The van der Waals surface area contributed by atoms with E-state index in [1.54, 1.807) is 6.07 Å². The molecule has 8 heteroatoms. The molecule has 349 valence electrons. The molecule has 0 bridgehead atoms. The average molecular weight is 1150 g/mol. The Morgan fingerprint density at radius 1 is 0.643 bits per heavy atom. The molecule has 70 heavy (non-hydrogen) atoms. The molecule has 11 aromatic rings. The number of nitrogens with zero attached hydrogens (tertiary/aromatic N) is 5. The van der Waals surface area contributed by atoms with E-state index in [-0.39, 0.29) is 31.9 Å². The van der Waals surface area contributed by atoms with E-state index in [0.717, 1.165) is 60.9 Å². The van der Waals surface area contributed by atoms with Crippen LogP contribution in [0.3, 0.4) is 0 Å². The van der Waals surface area contributed by atoms with Crippen molar-refractivity contribution < 1.29 is 24.5 Å². The second-order valence-corrected chi connectivity index (χ2v) is 30.7. The van der Waals surface area contributed by atoms with Crippen LogP contribution in [0.1, 0.15) is 81.7 Å². The maximum Gasteiger partial charge on any atom is 0.217 e. The number of aromatic nitrogens is 4. The van der Waals surface area contributed by atoms with Crippen LogP contribution >= 0.6 is 0 Å². The maximum absolute atomic E-state index is 9.54. The second-order valence-electron chi connectivity index (χ2n) is 20.0. The maximum atomic E-state index is 9.54. The fourth-order valence-electron chi connectivity index (χ4n) is 9.38. The summed E-state index contributed by atoms with van der Waals surface area (Å²) in [5, 5.41) is 16.0. The van der Waals surface area contributed by atoms with Gasteiger partial charge in [-0.25, -0.2) is 4.98 Å². The number of imidazole rings is 1. The van der Waals surface area contributed by atoms with Gasteiger partial charge < -0.3 is 8.98 Å². The van der Waals surface area contributed by atoms with Gasteiger partial charge in [-0.15, -0.1) is 18.2 Å². The van der Waals surface area contributed by atoms with Crippen molar-refractivity contribution in [1.29, 1.82) is 5.26 Å². The third kappa shape index (κ3) is 9.13. The smallest absolute Gasteiger partial charge is 0.217 e. The summed E-state index contributed by atoms with van der Waals surface area (Å²) >= 11 is -1.74. The first-order valence-electron chi connectivity index (χ1n) is 24.0. The van der Waals surface area contributed by atoms with Gasteiger partial charge in [0.2, 0.25) is 5.71 Å². The number of rotatable bonds is 8. The number of fused-ring (bicyclic) bond motifs is 7. The Hall–Kier alpha value is -6.69. The van der Waals surface area contributed by atoms with Crippen LogP contribution in [0.2, 0.25) is 17.3 Å². The van der Waals surface area contributed by atoms with Gasteiger partial charge in [0.15, 0.2) is 0 Å². The first kappa shape index (κ1) is 48.3. The largest absolute Gasteiger partial charge is 0.486 e. The molecule has 0 atom stereocenters. The standard InChI is InChI=1S/C45H33N4O.C17H22GeN.Ir/c1-26(2)38-23-32(31-17-16-28-10-5-6-12-30(28)22-31)24-39(27(3)4)41(38)49-42-34-13-8-7-11-29(34)18-21-40(42)48-44(49)37-15-9-14-35-36-20-19-33(25-46)47-45(36)50-43(35)37;1-13(2)14-6-8-15(9-7-14)17-11-10-16(12-19-17)18(3,4)5;/h5-14,16-24,26-27H,1-4H3;6-8,10-13H,1-5H3;/q2*-1;. The summed E-state index contributed by atoms with van der Waals surface area (Å²) in [4.78, 5) is 14.5. The second kappa shape index (κ2) is 19.6. The summed E-state index contributed by atoms with van der Waals surface area (Å²) < 4.78 is 10.3. The molecule has 0 saturated carbocycles. The molecular weight excluding hydrogens is 1100 g/mol. The van der Waals surface area contributed by atoms with Crippen molar-refractivity contribution in [3.8, 4) is 45.5 Å². The van der Waals surface area contributed by atoms with Crippen LogP contribution in [0.15, 0.2) is 156 Å². The molecule has 0 N–H and O–H groups in total. The third-order valence-electron chi connectivity index (χ3n) is 13.3. The summed E-state index contributed by atoms with van der Waals surface area (Å²) in [5.74, 6) is 8.89. The molecule has 4 aromatic heterocycles. The van der Waals surface area contributed by atoms with Gasteiger partial charge in [-0.3, -0.25) is 4.98 Å². The van der Waals surface area contributed by atoms with Gasteiger partial charge in [-0.1, -0.05) is 105 Å². The number of benzene rings is 7. The number of hydrogen-bond acceptors (Lipinski definition) is 5. The monoisotopic (exact) mass is 1150 g/mol. The molecule has 4 heterocycles. The molecule has 0 fully saturated rings. The van der Waals surface area contributed by atoms with Crippen molar-refractivity contribution in [3.63, 3.8) is 0 Å². The van der Waals surface area contributed by atoms with Crippen LogP contribution in [-0.2, 0) is 20.1 Å². The molecule has 0 amide bonds. The van der Waals surface area contributed by atoms with E-state index in [0.29, 0.717) is 22.9 Å². The van der Waals surface area contributed by atoms with E-state index in [9.17, 15) is 5.26 Å². The van der Waals surface area contributed by atoms with Gasteiger partial charge in [-0.05, 0) is 86.6 Å². The fraction of sp³-hybridized carbons (Fsp3) is 0.194. The van der Waals surface area contributed by atoms with Crippen molar-refractivity contribution in [2.24, 2.45) is 0 Å². The molecule has 6 nitrogen and oxygen atoms in total. The van der Waals surface area contributed by atoms with Crippen molar-refractivity contribution >= 4 is 72.3 Å². The normalized spacial score (nSPS) is 11.8. The van der Waals surface area contributed by atoms with E-state index < -0.39 is 13.3 Å². The number of nitriles is 1. The first-order valence-corrected chi connectivity index (χ1v) is 31.3. The van der Waals surface area contributed by atoms with Gasteiger partial charge >= 0.3 is 119 Å². The van der Waals surface area contributed by atoms with Crippen molar-refractivity contribution in [3.05, 3.63) is 186 Å². The van der Waals surface area contributed by atoms with Crippen LogP contribution in [0.5, 0.6) is 0 Å². The fourth-order valence-corrected chi connectivity index (χ4v) is 11.6. The molecule has 1 radical (unpaired) electrons. The molecule has 0 unspecified atom stereocenters. The zero-order valence-electron chi connectivity index (χ0n) is 41.1. The van der Waals surface area contributed by atoms with Gasteiger partial charge in [-0.2, -0.15) is 5.26 Å². The molecule has 0 aliphatic heterocycles. The van der Waals surface area contributed by atoms with E-state index >= 15 is 0 Å². The number of furan rings is 1. The van der Waals surface area contributed by atoms with Crippen LogP contribution in [-0.4, -0.2) is 32.8 Å². The zero-order chi connectivity index (χ0) is 48.1. The van der Waals surface area contributed by atoms with Gasteiger partial charge in [0, 0.05) is 36.6 Å². The summed E-state index contributed by atoms with van der Waals surface area (Å²) in [6.45, 7) is 13.5. The van der Waals surface area contributed by atoms with Crippen LogP contribution in [0.4, 0.5) is 0 Å². The van der Waals surface area contributed by atoms with E-state index in [1.807, 2.05) is 18.2 Å². The summed E-state index contributed by atoms with van der Waals surface area (Å²) in [5.41, 5.74) is 13.5. The van der Waals surface area contributed by atoms with Gasteiger partial charge in [0.1, 0.15) is 11.8 Å². The Labute approximate surface area is 427 Å².